The zero-order valence-corrected chi connectivity index (χ0v) is 17.2. The maximum absolute atomic E-state index is 12.8. The fourth-order valence-electron chi connectivity index (χ4n) is 5.02. The fraction of sp³-hybridized carbons (Fsp3) is 0.500. The van der Waals surface area contributed by atoms with E-state index in [4.69, 9.17) is 0 Å². The summed E-state index contributed by atoms with van der Waals surface area (Å²) in [5.41, 5.74) is 0.227. The average molecular weight is 411 g/mol. The van der Waals surface area contributed by atoms with Crippen LogP contribution in [0.4, 0.5) is 0 Å². The molecule has 2 aliphatic rings. The van der Waals surface area contributed by atoms with E-state index >= 15 is 0 Å². The molecule has 0 bridgehead atoms. The SMILES string of the molecule is O=C(N[C@@H]1CCN(CC2CCCCC2)[C@H](C(=O)O)C1)c1ccc2ccccc2c1O. The Labute approximate surface area is 176 Å². The standard InChI is InChI=1S/C24H30N2O4/c27-22-19-9-5-4-8-17(19)10-11-20(22)23(28)25-18-12-13-26(21(14-18)24(29)30)15-16-6-2-1-3-7-16/h4-5,8-11,16,18,21,27H,1-3,6-7,12-15H2,(H,25,28)(H,29,30)/t18-,21+/m1/s1. The third-order valence-electron chi connectivity index (χ3n) is 6.70. The fourth-order valence-corrected chi connectivity index (χ4v) is 5.02. The number of phenols is 1. The molecule has 6 nitrogen and oxygen atoms in total. The molecule has 2 atom stereocenters. The number of hydrogen-bond acceptors (Lipinski definition) is 4. The number of carbonyl (C=O) groups is 2. The van der Waals surface area contributed by atoms with E-state index in [-0.39, 0.29) is 23.3 Å². The van der Waals surface area contributed by atoms with Gasteiger partial charge >= 0.3 is 5.97 Å². The van der Waals surface area contributed by atoms with Crippen molar-refractivity contribution in [3.63, 3.8) is 0 Å². The molecule has 2 aromatic rings. The van der Waals surface area contributed by atoms with Crippen molar-refractivity contribution in [3.8, 4) is 5.75 Å². The smallest absolute Gasteiger partial charge is 0.320 e. The van der Waals surface area contributed by atoms with Gasteiger partial charge < -0.3 is 15.5 Å². The first-order valence-corrected chi connectivity index (χ1v) is 11.0. The number of rotatable bonds is 5. The van der Waals surface area contributed by atoms with Gasteiger partial charge in [0.05, 0.1) is 5.56 Å². The topological polar surface area (TPSA) is 89.9 Å². The molecule has 0 radical (unpaired) electrons. The third-order valence-corrected chi connectivity index (χ3v) is 6.70. The molecule has 160 valence electrons. The molecule has 1 aliphatic heterocycles. The van der Waals surface area contributed by atoms with E-state index in [0.717, 1.165) is 18.4 Å². The van der Waals surface area contributed by atoms with Gasteiger partial charge in [-0.05, 0) is 43.1 Å². The minimum absolute atomic E-state index is 0.0323. The number of aliphatic carboxylic acids is 1. The van der Waals surface area contributed by atoms with Crippen LogP contribution in [0.5, 0.6) is 5.75 Å². The van der Waals surface area contributed by atoms with E-state index in [1.807, 2.05) is 24.3 Å². The minimum Gasteiger partial charge on any atom is -0.506 e. The Kier molecular flexibility index (Phi) is 6.23. The Morgan fingerprint density at radius 2 is 1.80 bits per heavy atom. The molecule has 1 aliphatic carbocycles. The lowest BCUT2D eigenvalue weighted by molar-refractivity contribution is -0.145. The van der Waals surface area contributed by atoms with Crippen molar-refractivity contribution in [2.75, 3.05) is 13.1 Å². The molecule has 1 saturated heterocycles. The highest BCUT2D eigenvalue weighted by Crippen LogP contribution is 2.30. The normalized spacial score (nSPS) is 23.3. The van der Waals surface area contributed by atoms with Crippen LogP contribution in [-0.4, -0.2) is 52.2 Å². The molecule has 1 saturated carbocycles. The second kappa shape index (κ2) is 9.04. The Hall–Kier alpha value is -2.60. The number of aromatic hydroxyl groups is 1. The van der Waals surface area contributed by atoms with Crippen molar-refractivity contribution in [1.82, 2.24) is 10.2 Å². The highest BCUT2D eigenvalue weighted by Gasteiger charge is 2.35. The van der Waals surface area contributed by atoms with Crippen LogP contribution in [-0.2, 0) is 4.79 Å². The molecule has 0 unspecified atom stereocenters. The van der Waals surface area contributed by atoms with Gasteiger partial charge in [-0.15, -0.1) is 0 Å². The first-order valence-electron chi connectivity index (χ1n) is 11.0. The number of amides is 1. The summed E-state index contributed by atoms with van der Waals surface area (Å²) in [7, 11) is 0. The highest BCUT2D eigenvalue weighted by molar-refractivity contribution is 6.03. The maximum Gasteiger partial charge on any atom is 0.320 e. The lowest BCUT2D eigenvalue weighted by atomic mass is 9.87. The van der Waals surface area contributed by atoms with Gasteiger partial charge in [0.2, 0.25) is 0 Å². The Morgan fingerprint density at radius 1 is 1.03 bits per heavy atom. The van der Waals surface area contributed by atoms with Crippen LogP contribution in [0, 0.1) is 5.92 Å². The van der Waals surface area contributed by atoms with Gasteiger partial charge in [-0.3, -0.25) is 14.5 Å². The van der Waals surface area contributed by atoms with E-state index in [1.54, 1.807) is 12.1 Å². The summed E-state index contributed by atoms with van der Waals surface area (Å²) in [6, 6.07) is 10.0. The van der Waals surface area contributed by atoms with Crippen LogP contribution < -0.4 is 5.32 Å². The quantitative estimate of drug-likeness (QED) is 0.698. The third kappa shape index (κ3) is 4.43. The van der Waals surface area contributed by atoms with Gasteiger partial charge in [0.15, 0.2) is 0 Å². The van der Waals surface area contributed by atoms with Crippen molar-refractivity contribution in [2.24, 2.45) is 5.92 Å². The summed E-state index contributed by atoms with van der Waals surface area (Å²) in [5.74, 6) is -0.622. The Bertz CT molecular complexity index is 923. The number of phenolic OH excluding ortho intramolecular Hbond substituents is 1. The number of piperidine rings is 1. The van der Waals surface area contributed by atoms with E-state index in [9.17, 15) is 19.8 Å². The molecule has 0 aromatic heterocycles. The number of fused-ring (bicyclic) bond motifs is 1. The van der Waals surface area contributed by atoms with Gasteiger partial charge in [0, 0.05) is 24.5 Å². The number of carbonyl (C=O) groups excluding carboxylic acids is 1. The largest absolute Gasteiger partial charge is 0.506 e. The van der Waals surface area contributed by atoms with E-state index in [1.165, 1.54) is 32.1 Å². The van der Waals surface area contributed by atoms with Gasteiger partial charge in [0.25, 0.3) is 5.91 Å². The van der Waals surface area contributed by atoms with Gasteiger partial charge in [-0.2, -0.15) is 0 Å². The number of likely N-dealkylation sites (tertiary alicyclic amines) is 1. The van der Waals surface area contributed by atoms with Crippen LogP contribution in [0.15, 0.2) is 36.4 Å². The molecule has 1 amide bonds. The zero-order valence-electron chi connectivity index (χ0n) is 17.2. The predicted molar refractivity (Wildman–Crippen MR) is 116 cm³/mol. The molecule has 0 spiro atoms. The van der Waals surface area contributed by atoms with Crippen molar-refractivity contribution in [2.45, 2.75) is 57.0 Å². The molecule has 4 rings (SSSR count). The second-order valence-corrected chi connectivity index (χ2v) is 8.73. The van der Waals surface area contributed by atoms with E-state index in [2.05, 4.69) is 10.2 Å². The van der Waals surface area contributed by atoms with E-state index < -0.39 is 12.0 Å². The number of nitrogens with zero attached hydrogens (tertiary/aromatic N) is 1. The zero-order chi connectivity index (χ0) is 21.1. The Morgan fingerprint density at radius 3 is 2.57 bits per heavy atom. The van der Waals surface area contributed by atoms with Crippen LogP contribution in [0.2, 0.25) is 0 Å². The van der Waals surface area contributed by atoms with E-state index in [0.29, 0.717) is 24.3 Å². The molecule has 2 fully saturated rings. The lowest BCUT2D eigenvalue weighted by Crippen LogP contribution is -2.54. The number of benzene rings is 2. The highest BCUT2D eigenvalue weighted by atomic mass is 16.4. The first-order chi connectivity index (χ1) is 14.5. The molecule has 30 heavy (non-hydrogen) atoms. The van der Waals surface area contributed by atoms with Crippen LogP contribution in [0.25, 0.3) is 10.8 Å². The number of carboxylic acids is 1. The maximum atomic E-state index is 12.8. The molecule has 1 heterocycles. The van der Waals surface area contributed by atoms with Crippen molar-refractivity contribution in [3.05, 3.63) is 42.0 Å². The molecular formula is C24H30N2O4. The van der Waals surface area contributed by atoms with Crippen molar-refractivity contribution < 1.29 is 19.8 Å². The summed E-state index contributed by atoms with van der Waals surface area (Å²) in [6.07, 6.45) is 7.25. The van der Waals surface area contributed by atoms with Crippen molar-refractivity contribution >= 4 is 22.6 Å². The van der Waals surface area contributed by atoms with Gasteiger partial charge in [-0.25, -0.2) is 0 Å². The lowest BCUT2D eigenvalue weighted by Gasteiger charge is -2.39. The Balaban J connectivity index is 1.42. The monoisotopic (exact) mass is 410 g/mol. The number of nitrogens with one attached hydrogen (secondary N) is 1. The van der Waals surface area contributed by atoms with Gasteiger partial charge in [0.1, 0.15) is 11.8 Å². The summed E-state index contributed by atoms with van der Waals surface area (Å²) in [4.78, 5) is 26.8. The summed E-state index contributed by atoms with van der Waals surface area (Å²) in [5, 5.41) is 24.8. The minimum atomic E-state index is -0.821. The first kappa shape index (κ1) is 20.7. The van der Waals surface area contributed by atoms with Crippen LogP contribution in [0.3, 0.4) is 0 Å². The van der Waals surface area contributed by atoms with Gasteiger partial charge in [-0.1, -0.05) is 49.6 Å². The summed E-state index contributed by atoms with van der Waals surface area (Å²) >= 11 is 0. The molecule has 3 N–H and O–H groups in total. The molecule has 6 heteroatoms. The van der Waals surface area contributed by atoms with Crippen LogP contribution in [0.1, 0.15) is 55.3 Å². The predicted octanol–water partition coefficient (Wildman–Crippen LogP) is 3.77. The number of hydrogen-bond donors (Lipinski definition) is 3. The number of carboxylic acid groups (broad SMARTS) is 1. The average Bonchev–Trinajstić information content (AvgIpc) is 2.76. The molecular weight excluding hydrogens is 380 g/mol. The summed E-state index contributed by atoms with van der Waals surface area (Å²) < 4.78 is 0. The second-order valence-electron chi connectivity index (χ2n) is 8.73. The molecule has 2 aromatic carbocycles. The summed E-state index contributed by atoms with van der Waals surface area (Å²) in [6.45, 7) is 1.51. The van der Waals surface area contributed by atoms with Crippen molar-refractivity contribution in [1.29, 1.82) is 0 Å². The van der Waals surface area contributed by atoms with Crippen LogP contribution >= 0.6 is 0 Å².